The number of hydrogen-bond acceptors (Lipinski definition) is 4. The quantitative estimate of drug-likeness (QED) is 0.848. The Hall–Kier alpha value is -1.37. The molecule has 2 aromatic heterocycles. The molecule has 0 bridgehead atoms. The molecule has 122 valence electrons. The lowest BCUT2D eigenvalue weighted by molar-refractivity contribution is -0.114. The highest BCUT2D eigenvalue weighted by Gasteiger charge is 2.25. The van der Waals surface area contributed by atoms with Crippen molar-refractivity contribution in [2.75, 3.05) is 5.32 Å². The number of carbonyl (C=O) groups excluding carboxylic acids is 2. The van der Waals surface area contributed by atoms with E-state index in [9.17, 15) is 9.59 Å². The normalized spacial score (nSPS) is 13.5. The number of fused-ring (bicyclic) bond motifs is 1. The summed E-state index contributed by atoms with van der Waals surface area (Å²) < 4.78 is 0.709. The van der Waals surface area contributed by atoms with Crippen molar-refractivity contribution in [3.63, 3.8) is 0 Å². The van der Waals surface area contributed by atoms with Gasteiger partial charge in [0.15, 0.2) is 0 Å². The number of hydrogen-bond donors (Lipinski definition) is 2. The number of aryl methyl sites for hydroxylation is 1. The van der Waals surface area contributed by atoms with E-state index >= 15 is 0 Å². The van der Waals surface area contributed by atoms with E-state index in [0.717, 1.165) is 36.1 Å². The number of anilines is 1. The molecule has 0 aliphatic heterocycles. The van der Waals surface area contributed by atoms with Gasteiger partial charge in [-0.15, -0.1) is 22.7 Å². The fourth-order valence-corrected chi connectivity index (χ4v) is 5.12. The molecule has 0 radical (unpaired) electrons. The summed E-state index contributed by atoms with van der Waals surface area (Å²) in [5, 5.41) is 6.43. The van der Waals surface area contributed by atoms with Crippen LogP contribution in [0.5, 0.6) is 0 Å². The summed E-state index contributed by atoms with van der Waals surface area (Å²) in [7, 11) is 0. The molecule has 0 aromatic carbocycles. The molecule has 0 unspecified atom stereocenters. The molecular weight excluding hydrogens is 352 g/mol. The lowest BCUT2D eigenvalue weighted by Crippen LogP contribution is -2.24. The third-order valence-electron chi connectivity index (χ3n) is 3.74. The molecule has 2 heterocycles. The van der Waals surface area contributed by atoms with Crippen LogP contribution in [-0.2, 0) is 24.2 Å². The van der Waals surface area contributed by atoms with Crippen molar-refractivity contribution in [2.24, 2.45) is 0 Å². The van der Waals surface area contributed by atoms with Crippen LogP contribution >= 0.6 is 34.3 Å². The molecule has 1 aliphatic carbocycles. The van der Waals surface area contributed by atoms with Gasteiger partial charge in [0.2, 0.25) is 5.91 Å². The Morgan fingerprint density at radius 1 is 1.22 bits per heavy atom. The predicted molar refractivity (Wildman–Crippen MR) is 95.8 cm³/mol. The number of rotatable bonds is 4. The highest BCUT2D eigenvalue weighted by Crippen LogP contribution is 2.38. The van der Waals surface area contributed by atoms with E-state index in [0.29, 0.717) is 21.4 Å². The number of amides is 2. The van der Waals surface area contributed by atoms with E-state index in [1.807, 2.05) is 12.1 Å². The second-order valence-electron chi connectivity index (χ2n) is 5.48. The monoisotopic (exact) mass is 368 g/mol. The van der Waals surface area contributed by atoms with Gasteiger partial charge in [0, 0.05) is 16.7 Å². The van der Waals surface area contributed by atoms with Crippen LogP contribution in [0.1, 0.15) is 45.4 Å². The van der Waals surface area contributed by atoms with Gasteiger partial charge >= 0.3 is 0 Å². The Morgan fingerprint density at radius 2 is 2.00 bits per heavy atom. The summed E-state index contributed by atoms with van der Waals surface area (Å²) in [4.78, 5) is 26.3. The molecule has 0 atom stereocenters. The van der Waals surface area contributed by atoms with Crippen molar-refractivity contribution in [3.8, 4) is 0 Å². The summed E-state index contributed by atoms with van der Waals surface area (Å²) in [6.45, 7) is 1.91. The van der Waals surface area contributed by atoms with Crippen molar-refractivity contribution in [1.29, 1.82) is 0 Å². The molecule has 2 N–H and O–H groups in total. The number of thiophene rings is 2. The maximum atomic E-state index is 12.7. The van der Waals surface area contributed by atoms with Gasteiger partial charge in [-0.2, -0.15) is 0 Å². The van der Waals surface area contributed by atoms with Gasteiger partial charge in [-0.1, -0.05) is 11.6 Å². The first-order chi connectivity index (χ1) is 11.0. The van der Waals surface area contributed by atoms with Crippen molar-refractivity contribution < 1.29 is 9.59 Å². The minimum atomic E-state index is -0.150. The van der Waals surface area contributed by atoms with Crippen molar-refractivity contribution in [3.05, 3.63) is 37.4 Å². The van der Waals surface area contributed by atoms with Gasteiger partial charge in [-0.3, -0.25) is 9.59 Å². The molecule has 0 spiro atoms. The van der Waals surface area contributed by atoms with E-state index in [4.69, 9.17) is 11.6 Å². The van der Waals surface area contributed by atoms with Crippen LogP contribution < -0.4 is 10.6 Å². The number of nitrogens with one attached hydrogen (secondary N) is 2. The molecule has 7 heteroatoms. The molecule has 0 saturated heterocycles. The van der Waals surface area contributed by atoms with Crippen LogP contribution in [0.15, 0.2) is 12.1 Å². The molecule has 1 aliphatic rings. The van der Waals surface area contributed by atoms with Gasteiger partial charge in [0.1, 0.15) is 5.00 Å². The van der Waals surface area contributed by atoms with Crippen LogP contribution in [0.4, 0.5) is 5.00 Å². The first-order valence-corrected chi connectivity index (χ1v) is 9.50. The number of halogens is 1. The van der Waals surface area contributed by atoms with E-state index in [2.05, 4.69) is 10.6 Å². The third kappa shape index (κ3) is 3.76. The van der Waals surface area contributed by atoms with Crippen LogP contribution in [0.25, 0.3) is 0 Å². The summed E-state index contributed by atoms with van der Waals surface area (Å²) in [6, 6.07) is 3.73. The highest BCUT2D eigenvalue weighted by molar-refractivity contribution is 7.17. The topological polar surface area (TPSA) is 58.2 Å². The molecule has 0 fully saturated rings. The second-order valence-corrected chi connectivity index (χ2v) is 8.39. The maximum Gasteiger partial charge on any atom is 0.254 e. The smallest absolute Gasteiger partial charge is 0.254 e. The van der Waals surface area contributed by atoms with Crippen molar-refractivity contribution in [2.45, 2.75) is 39.2 Å². The standard InChI is InChI=1S/C16H17ClN2O2S2/c1-9(20)19-16-14(11-4-2-3-5-12(11)23-16)15(21)18-8-10-6-7-13(17)22-10/h6-7H,2-5,8H2,1H3,(H,18,21)(H,19,20). The Bertz CT molecular complexity index is 751. The van der Waals surface area contributed by atoms with E-state index in [1.165, 1.54) is 34.5 Å². The van der Waals surface area contributed by atoms with E-state index in [1.54, 1.807) is 0 Å². The first-order valence-electron chi connectivity index (χ1n) is 7.49. The lowest BCUT2D eigenvalue weighted by atomic mass is 9.95. The SMILES string of the molecule is CC(=O)Nc1sc2c(c1C(=O)NCc1ccc(Cl)s1)CCCC2. The van der Waals surface area contributed by atoms with Crippen LogP contribution in [0.2, 0.25) is 4.34 Å². The molecule has 3 rings (SSSR count). The van der Waals surface area contributed by atoms with Crippen molar-refractivity contribution in [1.82, 2.24) is 5.32 Å². The average Bonchev–Trinajstić information content (AvgIpc) is 3.07. The Balaban J connectivity index is 1.82. The lowest BCUT2D eigenvalue weighted by Gasteiger charge is -2.13. The van der Waals surface area contributed by atoms with E-state index in [-0.39, 0.29) is 11.8 Å². The molecule has 2 aromatic rings. The second kappa shape index (κ2) is 7.03. The van der Waals surface area contributed by atoms with Crippen LogP contribution in [-0.4, -0.2) is 11.8 Å². The minimum Gasteiger partial charge on any atom is -0.347 e. The van der Waals surface area contributed by atoms with Gasteiger partial charge in [-0.25, -0.2) is 0 Å². The molecule has 4 nitrogen and oxygen atoms in total. The minimum absolute atomic E-state index is 0.127. The third-order valence-corrected chi connectivity index (χ3v) is 6.18. The number of carbonyl (C=O) groups is 2. The average molecular weight is 369 g/mol. The summed E-state index contributed by atoms with van der Waals surface area (Å²) >= 11 is 8.90. The molecule has 23 heavy (non-hydrogen) atoms. The van der Waals surface area contributed by atoms with Gasteiger partial charge in [0.05, 0.1) is 16.4 Å². The summed E-state index contributed by atoms with van der Waals surface area (Å²) in [5.41, 5.74) is 1.74. The summed E-state index contributed by atoms with van der Waals surface area (Å²) in [5.74, 6) is -0.277. The zero-order valence-corrected chi connectivity index (χ0v) is 15.1. The Kier molecular flexibility index (Phi) is 5.04. The first kappa shape index (κ1) is 16.5. The van der Waals surface area contributed by atoms with Gasteiger partial charge in [0.25, 0.3) is 5.91 Å². The van der Waals surface area contributed by atoms with Crippen molar-refractivity contribution >= 4 is 51.1 Å². The molecule has 2 amide bonds. The zero-order valence-electron chi connectivity index (χ0n) is 12.7. The largest absolute Gasteiger partial charge is 0.347 e. The van der Waals surface area contributed by atoms with E-state index < -0.39 is 0 Å². The van der Waals surface area contributed by atoms with Gasteiger partial charge in [-0.05, 0) is 43.4 Å². The fraction of sp³-hybridized carbons (Fsp3) is 0.375. The Labute approximate surface area is 147 Å². The zero-order chi connectivity index (χ0) is 16.4. The predicted octanol–water partition coefficient (Wildman–Crippen LogP) is 4.23. The van der Waals surface area contributed by atoms with Crippen LogP contribution in [0, 0.1) is 0 Å². The Morgan fingerprint density at radius 3 is 2.70 bits per heavy atom. The fourth-order valence-electron chi connectivity index (χ4n) is 2.76. The summed E-state index contributed by atoms with van der Waals surface area (Å²) in [6.07, 6.45) is 4.12. The maximum absolute atomic E-state index is 12.7. The molecule has 0 saturated carbocycles. The van der Waals surface area contributed by atoms with Gasteiger partial charge < -0.3 is 10.6 Å². The molecular formula is C16H17ClN2O2S2. The highest BCUT2D eigenvalue weighted by atomic mass is 35.5. The van der Waals surface area contributed by atoms with Crippen LogP contribution in [0.3, 0.4) is 0 Å².